The van der Waals surface area contributed by atoms with Crippen LogP contribution in [0, 0.1) is 0 Å². The SMILES string of the molecule is COc1cc(C(=O)N2CCC(CCNC(=O)C3(c4ccccc4)CCNCC3)(c3ccc(Cl)c(Cl)c3)C2)cc(OC)c1O. The van der Waals surface area contributed by atoms with Crippen molar-refractivity contribution in [3.8, 4) is 17.2 Å². The summed E-state index contributed by atoms with van der Waals surface area (Å²) in [6.07, 6.45) is 2.73. The van der Waals surface area contributed by atoms with Crippen LogP contribution in [0.15, 0.2) is 60.7 Å². The van der Waals surface area contributed by atoms with Gasteiger partial charge in [-0.25, -0.2) is 0 Å². The Labute approximate surface area is 262 Å². The van der Waals surface area contributed by atoms with Crippen LogP contribution in [0.1, 0.15) is 47.2 Å². The van der Waals surface area contributed by atoms with Gasteiger partial charge in [-0.15, -0.1) is 0 Å². The van der Waals surface area contributed by atoms with Gasteiger partial charge in [-0.2, -0.15) is 0 Å². The van der Waals surface area contributed by atoms with Gasteiger partial charge in [-0.1, -0.05) is 59.6 Å². The van der Waals surface area contributed by atoms with E-state index in [1.54, 1.807) is 11.0 Å². The zero-order chi connectivity index (χ0) is 30.6. The van der Waals surface area contributed by atoms with Gasteiger partial charge in [-0.05, 0) is 74.2 Å². The van der Waals surface area contributed by atoms with Crippen molar-refractivity contribution in [1.82, 2.24) is 15.5 Å². The number of methoxy groups -OCH3 is 2. The molecular formula is C33H37Cl2N3O5. The molecule has 2 aliphatic heterocycles. The van der Waals surface area contributed by atoms with Crippen LogP contribution in [0.4, 0.5) is 0 Å². The summed E-state index contributed by atoms with van der Waals surface area (Å²) in [5.41, 5.74) is 1.30. The molecule has 3 aromatic rings. The van der Waals surface area contributed by atoms with E-state index in [4.69, 9.17) is 32.7 Å². The van der Waals surface area contributed by atoms with Crippen LogP contribution < -0.4 is 20.1 Å². The number of nitrogens with zero attached hydrogens (tertiary/aromatic N) is 1. The maximum atomic E-state index is 13.9. The molecule has 2 fully saturated rings. The van der Waals surface area contributed by atoms with Crippen LogP contribution in [0.3, 0.4) is 0 Å². The van der Waals surface area contributed by atoms with Gasteiger partial charge >= 0.3 is 0 Å². The molecule has 2 saturated heterocycles. The fraction of sp³-hybridized carbons (Fsp3) is 0.394. The molecule has 2 aliphatic rings. The number of phenolic OH excluding ortho intramolecular Hbond substituents is 1. The van der Waals surface area contributed by atoms with E-state index in [2.05, 4.69) is 10.6 Å². The highest BCUT2D eigenvalue weighted by atomic mass is 35.5. The maximum absolute atomic E-state index is 13.9. The minimum Gasteiger partial charge on any atom is -0.502 e. The molecule has 3 N–H and O–H groups in total. The number of rotatable bonds is 9. The quantitative estimate of drug-likeness (QED) is 0.297. The van der Waals surface area contributed by atoms with Gasteiger partial charge in [-0.3, -0.25) is 9.59 Å². The molecule has 5 rings (SSSR count). The van der Waals surface area contributed by atoms with E-state index in [0.717, 1.165) is 37.1 Å². The second kappa shape index (κ2) is 13.0. The third-order valence-electron chi connectivity index (χ3n) is 9.01. The molecule has 2 heterocycles. The highest BCUT2D eigenvalue weighted by molar-refractivity contribution is 6.42. The Bertz CT molecular complexity index is 1450. The van der Waals surface area contributed by atoms with Crippen molar-refractivity contribution in [3.05, 3.63) is 87.4 Å². The van der Waals surface area contributed by atoms with Gasteiger partial charge in [0.15, 0.2) is 11.5 Å². The number of hydrogen-bond donors (Lipinski definition) is 3. The lowest BCUT2D eigenvalue weighted by atomic mass is 9.72. The molecule has 0 bridgehead atoms. The van der Waals surface area contributed by atoms with Crippen molar-refractivity contribution >= 4 is 35.0 Å². The topological polar surface area (TPSA) is 100 Å². The Kier molecular flexibility index (Phi) is 9.39. The largest absolute Gasteiger partial charge is 0.502 e. The number of nitrogens with one attached hydrogen (secondary N) is 2. The number of aromatic hydroxyl groups is 1. The fourth-order valence-electron chi connectivity index (χ4n) is 6.50. The monoisotopic (exact) mass is 625 g/mol. The summed E-state index contributed by atoms with van der Waals surface area (Å²) in [6, 6.07) is 18.6. The molecule has 1 unspecified atom stereocenters. The second-order valence-electron chi connectivity index (χ2n) is 11.3. The number of carbonyl (C=O) groups excluding carboxylic acids is 2. The van der Waals surface area contributed by atoms with Gasteiger partial charge in [0, 0.05) is 30.6 Å². The highest BCUT2D eigenvalue weighted by Crippen LogP contribution is 2.42. The fourth-order valence-corrected chi connectivity index (χ4v) is 6.80. The number of piperidine rings is 1. The summed E-state index contributed by atoms with van der Waals surface area (Å²) in [5, 5.41) is 17.9. The lowest BCUT2D eigenvalue weighted by Crippen LogP contribution is -2.51. The molecule has 0 aliphatic carbocycles. The van der Waals surface area contributed by atoms with E-state index >= 15 is 0 Å². The second-order valence-corrected chi connectivity index (χ2v) is 12.1. The van der Waals surface area contributed by atoms with E-state index in [1.165, 1.54) is 26.4 Å². The van der Waals surface area contributed by atoms with Crippen LogP contribution in [-0.4, -0.2) is 68.8 Å². The third-order valence-corrected chi connectivity index (χ3v) is 9.75. The number of likely N-dealkylation sites (tertiary alicyclic amines) is 1. The molecule has 0 aromatic heterocycles. The summed E-state index contributed by atoms with van der Waals surface area (Å²) in [7, 11) is 2.85. The van der Waals surface area contributed by atoms with Crippen molar-refractivity contribution in [2.75, 3.05) is 46.9 Å². The van der Waals surface area contributed by atoms with Crippen molar-refractivity contribution in [2.45, 2.75) is 36.5 Å². The van der Waals surface area contributed by atoms with Crippen molar-refractivity contribution in [1.29, 1.82) is 0 Å². The van der Waals surface area contributed by atoms with Crippen LogP contribution in [0.2, 0.25) is 10.0 Å². The number of ether oxygens (including phenoxy) is 2. The van der Waals surface area contributed by atoms with E-state index in [0.29, 0.717) is 48.1 Å². The number of hydrogen-bond acceptors (Lipinski definition) is 6. The zero-order valence-electron chi connectivity index (χ0n) is 24.4. The van der Waals surface area contributed by atoms with Gasteiger partial charge in [0.2, 0.25) is 11.7 Å². The lowest BCUT2D eigenvalue weighted by molar-refractivity contribution is -0.127. The molecule has 228 valence electrons. The number of amides is 2. The van der Waals surface area contributed by atoms with E-state index in [9.17, 15) is 14.7 Å². The summed E-state index contributed by atoms with van der Waals surface area (Å²) >= 11 is 12.7. The minimum absolute atomic E-state index is 0.0266. The first-order valence-corrected chi connectivity index (χ1v) is 15.2. The van der Waals surface area contributed by atoms with E-state index < -0.39 is 10.8 Å². The molecule has 2 amide bonds. The average molecular weight is 627 g/mol. The van der Waals surface area contributed by atoms with Gasteiger partial charge < -0.3 is 30.1 Å². The van der Waals surface area contributed by atoms with Crippen LogP contribution in [0.5, 0.6) is 17.2 Å². The maximum Gasteiger partial charge on any atom is 0.254 e. The minimum atomic E-state index is -0.585. The predicted molar refractivity (Wildman–Crippen MR) is 168 cm³/mol. The summed E-state index contributed by atoms with van der Waals surface area (Å²) < 4.78 is 10.5. The number of halogens is 2. The Morgan fingerprint density at radius 3 is 2.23 bits per heavy atom. The standard InChI is InChI=1S/C33H37Cl2N3O5/c1-42-27-18-22(19-28(43-2)29(27)39)30(40)38-17-13-32(21-38,24-8-9-25(34)26(35)20-24)10-16-37-31(41)33(11-14-36-15-12-33)23-6-4-3-5-7-23/h3-9,18-20,36,39H,10-17,21H2,1-2H3,(H,37,41). The van der Waals surface area contributed by atoms with Gasteiger partial charge in [0.05, 0.1) is 29.7 Å². The Morgan fingerprint density at radius 2 is 1.60 bits per heavy atom. The highest BCUT2D eigenvalue weighted by Gasteiger charge is 2.44. The van der Waals surface area contributed by atoms with Crippen LogP contribution in [-0.2, 0) is 15.6 Å². The smallest absolute Gasteiger partial charge is 0.254 e. The van der Waals surface area contributed by atoms with Crippen molar-refractivity contribution < 1.29 is 24.2 Å². The van der Waals surface area contributed by atoms with Crippen LogP contribution in [0.25, 0.3) is 0 Å². The van der Waals surface area contributed by atoms with Gasteiger partial charge in [0.25, 0.3) is 5.91 Å². The molecule has 8 nitrogen and oxygen atoms in total. The summed E-state index contributed by atoms with van der Waals surface area (Å²) in [5.74, 6) is -0.0267. The molecule has 3 aromatic carbocycles. The van der Waals surface area contributed by atoms with Gasteiger partial charge in [0.1, 0.15) is 0 Å². The average Bonchev–Trinajstić information content (AvgIpc) is 3.48. The van der Waals surface area contributed by atoms with Crippen molar-refractivity contribution in [3.63, 3.8) is 0 Å². The van der Waals surface area contributed by atoms with E-state index in [-0.39, 0.29) is 29.1 Å². The normalized spacial score (nSPS) is 19.6. The summed E-state index contributed by atoms with van der Waals surface area (Å²) in [6.45, 7) is 2.90. The Hall–Kier alpha value is -3.46. The van der Waals surface area contributed by atoms with Crippen LogP contribution >= 0.6 is 23.2 Å². The molecule has 0 spiro atoms. The number of phenols is 1. The third kappa shape index (κ3) is 6.14. The van der Waals surface area contributed by atoms with E-state index in [1.807, 2.05) is 42.5 Å². The molecular weight excluding hydrogens is 589 g/mol. The summed E-state index contributed by atoms with van der Waals surface area (Å²) in [4.78, 5) is 29.4. The molecule has 1 atom stereocenters. The predicted octanol–water partition coefficient (Wildman–Crippen LogP) is 5.33. The Balaban J connectivity index is 1.38. The van der Waals surface area contributed by atoms with Crippen molar-refractivity contribution in [2.24, 2.45) is 0 Å². The first-order valence-electron chi connectivity index (χ1n) is 14.5. The first-order chi connectivity index (χ1) is 20.7. The first kappa shape index (κ1) is 31.0. The molecule has 0 radical (unpaired) electrons. The zero-order valence-corrected chi connectivity index (χ0v) is 25.9. The number of benzene rings is 3. The lowest BCUT2D eigenvalue weighted by Gasteiger charge is -2.37. The molecule has 0 saturated carbocycles. The Morgan fingerprint density at radius 1 is 0.930 bits per heavy atom. The molecule has 10 heteroatoms. The molecule has 43 heavy (non-hydrogen) atoms. The number of carbonyl (C=O) groups is 2.